The molecule has 2 aromatic rings. The Bertz CT molecular complexity index is 733. The highest BCUT2D eigenvalue weighted by Gasteiger charge is 2.19. The van der Waals surface area contributed by atoms with Crippen LogP contribution in [0.3, 0.4) is 0 Å². The van der Waals surface area contributed by atoms with Crippen molar-refractivity contribution in [3.63, 3.8) is 0 Å². The van der Waals surface area contributed by atoms with Crippen LogP contribution in [0, 0.1) is 21.7 Å². The van der Waals surface area contributed by atoms with Gasteiger partial charge in [-0.15, -0.1) is 0 Å². The van der Waals surface area contributed by atoms with Crippen molar-refractivity contribution >= 4 is 11.5 Å². The van der Waals surface area contributed by atoms with Gasteiger partial charge in [0.1, 0.15) is 5.75 Å². The molecule has 1 atom stereocenters. The molecule has 0 bridgehead atoms. The lowest BCUT2D eigenvalue weighted by atomic mass is 10.1. The Morgan fingerprint density at radius 1 is 1.18 bits per heavy atom. The van der Waals surface area contributed by atoms with Crippen molar-refractivity contribution in [2.75, 3.05) is 0 Å². The molecule has 0 amide bonds. The van der Waals surface area contributed by atoms with Gasteiger partial charge in [-0.2, -0.15) is 0 Å². The lowest BCUT2D eigenvalue weighted by Gasteiger charge is -2.13. The van der Waals surface area contributed by atoms with E-state index in [4.69, 9.17) is 4.74 Å². The molecule has 114 valence electrons. The van der Waals surface area contributed by atoms with E-state index in [-0.39, 0.29) is 17.0 Å². The van der Waals surface area contributed by atoms with Crippen LogP contribution in [-0.2, 0) is 0 Å². The first-order valence-corrected chi connectivity index (χ1v) is 6.29. The first kappa shape index (κ1) is 15.6. The van der Waals surface area contributed by atoms with Gasteiger partial charge in [-0.3, -0.25) is 14.9 Å². The van der Waals surface area contributed by atoms with Gasteiger partial charge in [0.25, 0.3) is 5.69 Å². The minimum Gasteiger partial charge on any atom is -0.482 e. The molecule has 7 heteroatoms. The summed E-state index contributed by atoms with van der Waals surface area (Å²) in [7, 11) is 0. The largest absolute Gasteiger partial charge is 0.482 e. The van der Waals surface area contributed by atoms with Crippen molar-refractivity contribution in [2.45, 2.75) is 13.0 Å². The summed E-state index contributed by atoms with van der Waals surface area (Å²) in [6.07, 6.45) is -1.01. The van der Waals surface area contributed by atoms with Crippen LogP contribution >= 0.6 is 0 Å². The van der Waals surface area contributed by atoms with Crippen molar-refractivity contribution in [2.24, 2.45) is 0 Å². The maximum absolute atomic E-state index is 13.1. The molecule has 5 nitrogen and oxygen atoms in total. The first-order valence-electron chi connectivity index (χ1n) is 6.29. The van der Waals surface area contributed by atoms with Gasteiger partial charge in [-0.05, 0) is 31.2 Å². The summed E-state index contributed by atoms with van der Waals surface area (Å²) >= 11 is 0. The third-order valence-corrected chi connectivity index (χ3v) is 2.91. The van der Waals surface area contributed by atoms with Gasteiger partial charge in [0.05, 0.1) is 11.0 Å². The van der Waals surface area contributed by atoms with E-state index in [1.165, 1.54) is 31.2 Å². The number of rotatable bonds is 5. The quantitative estimate of drug-likeness (QED) is 0.481. The molecule has 0 N–H and O–H groups in total. The predicted octanol–water partition coefficient (Wildman–Crippen LogP) is 3.52. The second-order valence-corrected chi connectivity index (χ2v) is 4.51. The van der Waals surface area contributed by atoms with Crippen molar-refractivity contribution in [3.8, 4) is 5.75 Å². The van der Waals surface area contributed by atoms with Crippen molar-refractivity contribution in [3.05, 3.63) is 69.8 Å². The summed E-state index contributed by atoms with van der Waals surface area (Å²) in [5.41, 5.74) is -0.221. The van der Waals surface area contributed by atoms with Crippen LogP contribution in [0.1, 0.15) is 17.3 Å². The Morgan fingerprint density at radius 3 is 2.55 bits per heavy atom. The summed E-state index contributed by atoms with van der Waals surface area (Å²) in [5, 5.41) is 10.7. The fraction of sp³-hybridized carbons (Fsp3) is 0.133. The average molecular weight is 307 g/mol. The molecule has 0 aliphatic heterocycles. The van der Waals surface area contributed by atoms with Crippen LogP contribution in [0.5, 0.6) is 5.75 Å². The number of benzene rings is 2. The maximum Gasteiger partial charge on any atom is 0.273 e. The zero-order valence-corrected chi connectivity index (χ0v) is 11.5. The van der Waals surface area contributed by atoms with Crippen LogP contribution in [0.25, 0.3) is 0 Å². The van der Waals surface area contributed by atoms with Gasteiger partial charge < -0.3 is 4.74 Å². The highest BCUT2D eigenvalue weighted by atomic mass is 19.2. The van der Waals surface area contributed by atoms with Crippen LogP contribution in [-0.4, -0.2) is 16.8 Å². The molecule has 22 heavy (non-hydrogen) atoms. The molecule has 2 aromatic carbocycles. The molecule has 0 radical (unpaired) electrons. The Balaban J connectivity index is 2.16. The summed E-state index contributed by atoms with van der Waals surface area (Å²) < 4.78 is 31.3. The molecular formula is C15H11F2NO4. The molecule has 0 unspecified atom stereocenters. The summed E-state index contributed by atoms with van der Waals surface area (Å²) in [4.78, 5) is 22.2. The number of nitro benzene ring substituents is 1. The molecule has 0 aliphatic carbocycles. The predicted molar refractivity (Wildman–Crippen MR) is 73.9 cm³/mol. The number of nitrogens with zero attached hydrogens (tertiary/aromatic N) is 1. The lowest BCUT2D eigenvalue weighted by molar-refractivity contribution is -0.384. The van der Waals surface area contributed by atoms with Gasteiger partial charge in [-0.1, -0.05) is 6.07 Å². The zero-order valence-electron chi connectivity index (χ0n) is 11.5. The fourth-order valence-corrected chi connectivity index (χ4v) is 1.81. The maximum atomic E-state index is 13.1. The second kappa shape index (κ2) is 6.30. The molecule has 0 saturated heterocycles. The van der Waals surface area contributed by atoms with Gasteiger partial charge in [-0.25, -0.2) is 8.78 Å². The van der Waals surface area contributed by atoms with Crippen LogP contribution < -0.4 is 4.74 Å². The third-order valence-electron chi connectivity index (χ3n) is 2.91. The van der Waals surface area contributed by atoms with E-state index < -0.39 is 28.4 Å². The minimum atomic E-state index is -1.13. The van der Waals surface area contributed by atoms with Crippen molar-refractivity contribution in [1.82, 2.24) is 0 Å². The van der Waals surface area contributed by atoms with Crippen LogP contribution in [0.2, 0.25) is 0 Å². The van der Waals surface area contributed by atoms with E-state index in [2.05, 4.69) is 0 Å². The van der Waals surface area contributed by atoms with E-state index in [9.17, 15) is 23.7 Å². The highest BCUT2D eigenvalue weighted by Crippen LogP contribution is 2.21. The third kappa shape index (κ3) is 3.43. The number of ketones is 1. The molecule has 0 aromatic heterocycles. The summed E-state index contributed by atoms with van der Waals surface area (Å²) in [5.74, 6) is -2.61. The smallest absolute Gasteiger partial charge is 0.273 e. The number of halogens is 2. The standard InChI is InChI=1S/C15H11F2NO4/c1-9(15(19)10-5-6-13(16)14(17)7-10)22-12-4-2-3-11(8-12)18(20)21/h2-9H,1H3/t9-/m1/s1. The van der Waals surface area contributed by atoms with E-state index in [1.807, 2.05) is 0 Å². The number of carbonyl (C=O) groups excluding carboxylic acids is 1. The van der Waals surface area contributed by atoms with E-state index in [0.717, 1.165) is 18.2 Å². The molecular weight excluding hydrogens is 296 g/mol. The normalized spacial score (nSPS) is 11.8. The summed E-state index contributed by atoms with van der Waals surface area (Å²) in [6.45, 7) is 1.42. The summed E-state index contributed by atoms with van der Waals surface area (Å²) in [6, 6.07) is 8.12. The van der Waals surface area contributed by atoms with Crippen LogP contribution in [0.15, 0.2) is 42.5 Å². The monoisotopic (exact) mass is 307 g/mol. The molecule has 0 saturated carbocycles. The minimum absolute atomic E-state index is 0.0446. The Kier molecular flexibility index (Phi) is 4.45. The molecule has 0 aliphatic rings. The first-order chi connectivity index (χ1) is 10.4. The molecule has 0 fully saturated rings. The topological polar surface area (TPSA) is 69.4 Å². The Morgan fingerprint density at radius 2 is 1.91 bits per heavy atom. The second-order valence-electron chi connectivity index (χ2n) is 4.51. The van der Waals surface area contributed by atoms with Crippen molar-refractivity contribution < 1.29 is 23.2 Å². The van der Waals surface area contributed by atoms with E-state index in [1.54, 1.807) is 0 Å². The van der Waals surface area contributed by atoms with Gasteiger partial charge in [0.2, 0.25) is 5.78 Å². The van der Waals surface area contributed by atoms with E-state index in [0.29, 0.717) is 0 Å². The number of carbonyl (C=O) groups is 1. The zero-order chi connectivity index (χ0) is 16.3. The lowest BCUT2D eigenvalue weighted by Crippen LogP contribution is -2.24. The number of Topliss-reactive ketones (excluding diaryl/α,β-unsaturated/α-hetero) is 1. The number of non-ortho nitro benzene ring substituents is 1. The highest BCUT2D eigenvalue weighted by molar-refractivity contribution is 5.99. The van der Waals surface area contributed by atoms with Crippen molar-refractivity contribution in [1.29, 1.82) is 0 Å². The van der Waals surface area contributed by atoms with Gasteiger partial charge in [0.15, 0.2) is 17.7 Å². The molecule has 2 rings (SSSR count). The number of hydrogen-bond acceptors (Lipinski definition) is 4. The van der Waals surface area contributed by atoms with Crippen LogP contribution in [0.4, 0.5) is 14.5 Å². The molecule has 0 heterocycles. The number of hydrogen-bond donors (Lipinski definition) is 0. The van der Waals surface area contributed by atoms with Gasteiger partial charge >= 0.3 is 0 Å². The Labute approximate surface area is 124 Å². The van der Waals surface area contributed by atoms with Gasteiger partial charge in [0, 0.05) is 11.6 Å². The SMILES string of the molecule is C[C@@H](Oc1cccc([N+](=O)[O-])c1)C(=O)c1ccc(F)c(F)c1. The molecule has 0 spiro atoms. The number of nitro groups is 1. The average Bonchev–Trinajstić information content (AvgIpc) is 2.49. The Hall–Kier alpha value is -2.83. The fourth-order valence-electron chi connectivity index (χ4n) is 1.81. The number of ether oxygens (including phenoxy) is 1. The van der Waals surface area contributed by atoms with E-state index >= 15 is 0 Å².